The molecule has 1 aliphatic heterocycles. The standard InChI is InChI=1S/C22H22N6O3/c1-31-17-7-5-16(6-8-17)21(29)26-20-19(24-10-11-25-20)22(30)28-14-12-27(13-15-28)18-4-2-3-9-23-18/h2-11H,12-15H2,1H3,(H,25,26,29). The van der Waals surface area contributed by atoms with Crippen molar-refractivity contribution < 1.29 is 14.3 Å². The van der Waals surface area contributed by atoms with Crippen LogP contribution in [0.1, 0.15) is 20.8 Å². The number of amides is 2. The smallest absolute Gasteiger partial charge is 0.276 e. The van der Waals surface area contributed by atoms with Crippen molar-refractivity contribution in [3.63, 3.8) is 0 Å². The second kappa shape index (κ2) is 9.21. The summed E-state index contributed by atoms with van der Waals surface area (Å²) in [5.41, 5.74) is 0.546. The Bertz CT molecular complexity index is 1050. The van der Waals surface area contributed by atoms with Gasteiger partial charge in [0.1, 0.15) is 11.6 Å². The van der Waals surface area contributed by atoms with Crippen molar-refractivity contribution in [2.45, 2.75) is 0 Å². The average Bonchev–Trinajstić information content (AvgIpc) is 2.84. The Kier molecular flexibility index (Phi) is 6.02. The minimum Gasteiger partial charge on any atom is -0.497 e. The number of benzene rings is 1. The van der Waals surface area contributed by atoms with E-state index in [9.17, 15) is 9.59 Å². The van der Waals surface area contributed by atoms with Crippen LogP contribution in [0.25, 0.3) is 0 Å². The lowest BCUT2D eigenvalue weighted by Crippen LogP contribution is -2.49. The molecule has 0 unspecified atom stereocenters. The third kappa shape index (κ3) is 4.61. The molecule has 158 valence electrons. The SMILES string of the molecule is COc1ccc(C(=O)Nc2nccnc2C(=O)N2CCN(c3ccccn3)CC2)cc1. The number of ether oxygens (including phenoxy) is 1. The number of anilines is 2. The largest absolute Gasteiger partial charge is 0.497 e. The number of methoxy groups -OCH3 is 1. The number of carbonyl (C=O) groups is 2. The fourth-order valence-corrected chi connectivity index (χ4v) is 3.34. The van der Waals surface area contributed by atoms with Crippen LogP contribution < -0.4 is 15.0 Å². The van der Waals surface area contributed by atoms with E-state index in [0.29, 0.717) is 37.5 Å². The molecule has 1 N–H and O–H groups in total. The summed E-state index contributed by atoms with van der Waals surface area (Å²) in [4.78, 5) is 42.3. The molecule has 2 aromatic heterocycles. The van der Waals surface area contributed by atoms with Gasteiger partial charge in [-0.1, -0.05) is 6.07 Å². The molecule has 1 aliphatic rings. The zero-order chi connectivity index (χ0) is 21.6. The van der Waals surface area contributed by atoms with E-state index in [1.807, 2.05) is 18.2 Å². The summed E-state index contributed by atoms with van der Waals surface area (Å²) < 4.78 is 5.11. The highest BCUT2D eigenvalue weighted by Crippen LogP contribution is 2.18. The van der Waals surface area contributed by atoms with Gasteiger partial charge >= 0.3 is 0 Å². The molecule has 0 saturated carbocycles. The highest BCUT2D eigenvalue weighted by atomic mass is 16.5. The molecule has 3 aromatic rings. The van der Waals surface area contributed by atoms with Gasteiger partial charge in [0.2, 0.25) is 0 Å². The second-order valence-corrected chi connectivity index (χ2v) is 6.90. The number of carbonyl (C=O) groups excluding carboxylic acids is 2. The Balaban J connectivity index is 1.44. The topological polar surface area (TPSA) is 101 Å². The van der Waals surface area contributed by atoms with Crippen LogP contribution in [0.5, 0.6) is 5.75 Å². The molecule has 1 aromatic carbocycles. The molecule has 0 spiro atoms. The van der Waals surface area contributed by atoms with E-state index in [-0.39, 0.29) is 23.3 Å². The van der Waals surface area contributed by atoms with Gasteiger partial charge in [0.25, 0.3) is 11.8 Å². The first kappa shape index (κ1) is 20.3. The summed E-state index contributed by atoms with van der Waals surface area (Å²) in [7, 11) is 1.56. The first-order valence-corrected chi connectivity index (χ1v) is 9.87. The molecule has 0 radical (unpaired) electrons. The van der Waals surface area contributed by atoms with Gasteiger partial charge in [-0.05, 0) is 36.4 Å². The molecule has 3 heterocycles. The van der Waals surface area contributed by atoms with E-state index in [0.717, 1.165) is 5.82 Å². The molecule has 4 rings (SSSR count). The molecule has 0 aliphatic carbocycles. The Morgan fingerprint density at radius 2 is 1.65 bits per heavy atom. The van der Waals surface area contributed by atoms with Gasteiger partial charge < -0.3 is 19.9 Å². The molecule has 2 amide bonds. The quantitative estimate of drug-likeness (QED) is 0.677. The van der Waals surface area contributed by atoms with Crippen LogP contribution in [-0.4, -0.2) is 65.0 Å². The summed E-state index contributed by atoms with van der Waals surface area (Å²) in [6, 6.07) is 12.4. The van der Waals surface area contributed by atoms with Crippen molar-refractivity contribution in [3.05, 3.63) is 72.3 Å². The number of nitrogens with zero attached hydrogens (tertiary/aromatic N) is 5. The second-order valence-electron chi connectivity index (χ2n) is 6.90. The van der Waals surface area contributed by atoms with Crippen LogP contribution in [-0.2, 0) is 0 Å². The van der Waals surface area contributed by atoms with Crippen LogP contribution >= 0.6 is 0 Å². The number of hydrogen-bond acceptors (Lipinski definition) is 7. The molecule has 1 fully saturated rings. The van der Waals surface area contributed by atoms with Crippen LogP contribution in [0.4, 0.5) is 11.6 Å². The average molecular weight is 418 g/mol. The van der Waals surface area contributed by atoms with E-state index in [1.165, 1.54) is 12.4 Å². The fourth-order valence-electron chi connectivity index (χ4n) is 3.34. The Morgan fingerprint density at radius 1 is 0.903 bits per heavy atom. The molecule has 31 heavy (non-hydrogen) atoms. The molecular formula is C22H22N6O3. The first-order chi connectivity index (χ1) is 15.2. The van der Waals surface area contributed by atoms with E-state index >= 15 is 0 Å². The van der Waals surface area contributed by atoms with Crippen molar-refractivity contribution in [3.8, 4) is 5.75 Å². The summed E-state index contributed by atoms with van der Waals surface area (Å²) in [5, 5.41) is 2.70. The Morgan fingerprint density at radius 3 is 2.32 bits per heavy atom. The summed E-state index contributed by atoms with van der Waals surface area (Å²) >= 11 is 0. The summed E-state index contributed by atoms with van der Waals surface area (Å²) in [5.74, 6) is 1.04. The monoisotopic (exact) mass is 418 g/mol. The maximum absolute atomic E-state index is 13.1. The lowest BCUT2D eigenvalue weighted by atomic mass is 10.2. The first-order valence-electron chi connectivity index (χ1n) is 9.87. The Labute approximate surface area is 179 Å². The van der Waals surface area contributed by atoms with E-state index < -0.39 is 0 Å². The lowest BCUT2D eigenvalue weighted by Gasteiger charge is -2.35. The van der Waals surface area contributed by atoms with Gasteiger partial charge in [-0.3, -0.25) is 9.59 Å². The van der Waals surface area contributed by atoms with Crippen molar-refractivity contribution in [2.24, 2.45) is 0 Å². The van der Waals surface area contributed by atoms with Crippen LogP contribution in [0.3, 0.4) is 0 Å². The Hall–Kier alpha value is -4.01. The van der Waals surface area contributed by atoms with Crippen LogP contribution in [0, 0.1) is 0 Å². The minimum absolute atomic E-state index is 0.121. The van der Waals surface area contributed by atoms with E-state index in [2.05, 4.69) is 25.2 Å². The molecule has 0 bridgehead atoms. The highest BCUT2D eigenvalue weighted by molar-refractivity contribution is 6.07. The summed E-state index contributed by atoms with van der Waals surface area (Å²) in [6.45, 7) is 2.38. The van der Waals surface area contributed by atoms with E-state index in [4.69, 9.17) is 4.74 Å². The number of rotatable bonds is 5. The number of aromatic nitrogens is 3. The number of piperazine rings is 1. The number of pyridine rings is 1. The fraction of sp³-hybridized carbons (Fsp3) is 0.227. The van der Waals surface area contributed by atoms with Gasteiger partial charge in [0.15, 0.2) is 11.5 Å². The van der Waals surface area contributed by atoms with Gasteiger partial charge in [-0.2, -0.15) is 0 Å². The maximum atomic E-state index is 13.1. The summed E-state index contributed by atoms with van der Waals surface area (Å²) in [6.07, 6.45) is 4.64. The van der Waals surface area contributed by atoms with Gasteiger partial charge in [0.05, 0.1) is 7.11 Å². The van der Waals surface area contributed by atoms with Crippen molar-refractivity contribution in [2.75, 3.05) is 43.5 Å². The molecular weight excluding hydrogens is 396 g/mol. The predicted molar refractivity (Wildman–Crippen MR) is 115 cm³/mol. The van der Waals surface area contributed by atoms with Crippen molar-refractivity contribution in [1.82, 2.24) is 19.9 Å². The third-order valence-electron chi connectivity index (χ3n) is 5.03. The van der Waals surface area contributed by atoms with Crippen molar-refractivity contribution >= 4 is 23.5 Å². The molecule has 9 heteroatoms. The third-order valence-corrected chi connectivity index (χ3v) is 5.03. The zero-order valence-electron chi connectivity index (χ0n) is 17.1. The van der Waals surface area contributed by atoms with Crippen LogP contribution in [0.2, 0.25) is 0 Å². The van der Waals surface area contributed by atoms with E-state index in [1.54, 1.807) is 42.5 Å². The molecule has 9 nitrogen and oxygen atoms in total. The molecule has 0 atom stereocenters. The van der Waals surface area contributed by atoms with Gasteiger partial charge in [-0.15, -0.1) is 0 Å². The van der Waals surface area contributed by atoms with Crippen molar-refractivity contribution in [1.29, 1.82) is 0 Å². The van der Waals surface area contributed by atoms with Crippen LogP contribution in [0.15, 0.2) is 61.1 Å². The normalized spacial score (nSPS) is 13.6. The lowest BCUT2D eigenvalue weighted by molar-refractivity contribution is 0.0741. The highest BCUT2D eigenvalue weighted by Gasteiger charge is 2.26. The zero-order valence-corrected chi connectivity index (χ0v) is 17.1. The number of hydrogen-bond donors (Lipinski definition) is 1. The maximum Gasteiger partial charge on any atom is 0.276 e. The predicted octanol–water partition coefficient (Wildman–Crippen LogP) is 2.09. The minimum atomic E-state index is -0.378. The van der Waals surface area contributed by atoms with Gasteiger partial charge in [-0.25, -0.2) is 15.0 Å². The molecule has 1 saturated heterocycles. The van der Waals surface area contributed by atoms with Gasteiger partial charge in [0, 0.05) is 50.3 Å². The number of nitrogens with one attached hydrogen (secondary N) is 1.